The number of aromatic nitrogens is 2. The van der Waals surface area contributed by atoms with Crippen molar-refractivity contribution < 1.29 is 9.53 Å². The molecule has 2 aromatic rings. The van der Waals surface area contributed by atoms with E-state index in [0.717, 1.165) is 45.0 Å². The van der Waals surface area contributed by atoms with Crippen molar-refractivity contribution >= 4 is 17.7 Å². The molecule has 132 valence electrons. The number of nitrogens with one attached hydrogen (secondary N) is 1. The van der Waals surface area contributed by atoms with Crippen LogP contribution in [0.2, 0.25) is 0 Å². The van der Waals surface area contributed by atoms with E-state index in [1.807, 2.05) is 48.1 Å². The molecule has 1 fully saturated rings. The van der Waals surface area contributed by atoms with Gasteiger partial charge in [0.15, 0.2) is 0 Å². The van der Waals surface area contributed by atoms with E-state index in [9.17, 15) is 4.79 Å². The van der Waals surface area contributed by atoms with Crippen LogP contribution in [0.3, 0.4) is 0 Å². The lowest BCUT2D eigenvalue weighted by Gasteiger charge is -2.26. The van der Waals surface area contributed by atoms with Crippen molar-refractivity contribution in [2.24, 2.45) is 0 Å². The minimum Gasteiger partial charge on any atom is -0.379 e. The van der Waals surface area contributed by atoms with Gasteiger partial charge >= 0.3 is 0 Å². The quantitative estimate of drug-likeness (QED) is 0.819. The molecule has 6 heteroatoms. The zero-order valence-electron chi connectivity index (χ0n) is 14.5. The molecule has 6 nitrogen and oxygen atoms in total. The van der Waals surface area contributed by atoms with Gasteiger partial charge in [0.05, 0.1) is 31.6 Å². The van der Waals surface area contributed by atoms with E-state index in [0.29, 0.717) is 5.69 Å². The Bertz CT molecular complexity index is 733. The van der Waals surface area contributed by atoms with E-state index < -0.39 is 0 Å². The zero-order chi connectivity index (χ0) is 17.5. The Hall–Kier alpha value is -2.44. The fourth-order valence-electron chi connectivity index (χ4n) is 2.75. The van der Waals surface area contributed by atoms with Gasteiger partial charge in [0, 0.05) is 31.9 Å². The van der Waals surface area contributed by atoms with Crippen LogP contribution in [0.25, 0.3) is 6.08 Å². The summed E-state index contributed by atoms with van der Waals surface area (Å²) in [7, 11) is 0. The highest BCUT2D eigenvalue weighted by Gasteiger charge is 2.10. The minimum atomic E-state index is -0.158. The van der Waals surface area contributed by atoms with Crippen LogP contribution in [0.1, 0.15) is 11.1 Å². The van der Waals surface area contributed by atoms with Crippen LogP contribution in [0.4, 0.5) is 5.69 Å². The molecule has 1 amide bonds. The van der Waals surface area contributed by atoms with Crippen LogP contribution in [0.15, 0.2) is 42.7 Å². The summed E-state index contributed by atoms with van der Waals surface area (Å²) in [6, 6.07) is 8.02. The van der Waals surface area contributed by atoms with Crippen LogP contribution in [-0.4, -0.2) is 53.4 Å². The first-order valence-electron chi connectivity index (χ1n) is 8.57. The molecule has 0 aliphatic carbocycles. The molecule has 1 aromatic heterocycles. The molecule has 0 atom stereocenters. The number of benzene rings is 1. The maximum absolute atomic E-state index is 12.0. The molecular weight excluding hydrogens is 316 g/mol. The Morgan fingerprint density at radius 3 is 2.96 bits per heavy atom. The Balaban J connectivity index is 1.47. The summed E-state index contributed by atoms with van der Waals surface area (Å²) in [5.74, 6) is -0.158. The molecule has 1 saturated heterocycles. The largest absolute Gasteiger partial charge is 0.379 e. The normalized spacial score (nSPS) is 15.6. The van der Waals surface area contributed by atoms with E-state index in [4.69, 9.17) is 4.74 Å². The summed E-state index contributed by atoms with van der Waals surface area (Å²) in [4.78, 5) is 14.4. The number of ether oxygens (including phenoxy) is 1. The number of morpholine rings is 1. The van der Waals surface area contributed by atoms with Gasteiger partial charge in [-0.05, 0) is 18.6 Å². The SMILES string of the molecule is Cc1cccc(C=CC(=O)Nc2cnn(CCN3CCOCC3)c2)c1. The number of hydrogen-bond donors (Lipinski definition) is 1. The highest BCUT2D eigenvalue weighted by Crippen LogP contribution is 2.08. The van der Waals surface area contributed by atoms with E-state index in [1.54, 1.807) is 12.3 Å². The number of carbonyl (C=O) groups is 1. The average molecular weight is 340 g/mol. The van der Waals surface area contributed by atoms with Gasteiger partial charge in [-0.3, -0.25) is 14.4 Å². The molecule has 0 radical (unpaired) electrons. The van der Waals surface area contributed by atoms with E-state index >= 15 is 0 Å². The Morgan fingerprint density at radius 2 is 2.16 bits per heavy atom. The number of amides is 1. The first-order valence-corrected chi connectivity index (χ1v) is 8.57. The average Bonchev–Trinajstić information content (AvgIpc) is 3.06. The minimum absolute atomic E-state index is 0.158. The van der Waals surface area contributed by atoms with Crippen LogP contribution >= 0.6 is 0 Å². The highest BCUT2D eigenvalue weighted by molar-refractivity contribution is 6.01. The lowest BCUT2D eigenvalue weighted by atomic mass is 10.1. The molecule has 0 spiro atoms. The molecule has 0 unspecified atom stereocenters. The monoisotopic (exact) mass is 340 g/mol. The van der Waals surface area contributed by atoms with Crippen LogP contribution in [-0.2, 0) is 16.1 Å². The van der Waals surface area contributed by atoms with Gasteiger partial charge < -0.3 is 10.1 Å². The van der Waals surface area contributed by atoms with E-state index in [1.165, 1.54) is 5.56 Å². The Morgan fingerprint density at radius 1 is 1.32 bits per heavy atom. The molecule has 1 aliphatic rings. The summed E-state index contributed by atoms with van der Waals surface area (Å²) >= 11 is 0. The molecule has 1 N–H and O–H groups in total. The Kier molecular flexibility index (Phi) is 5.98. The van der Waals surface area contributed by atoms with Crippen LogP contribution in [0.5, 0.6) is 0 Å². The standard InChI is InChI=1S/C19H24N4O2/c1-16-3-2-4-17(13-16)5-6-19(24)21-18-14-20-23(15-18)8-7-22-9-11-25-12-10-22/h2-6,13-15H,7-12H2,1H3,(H,21,24). The zero-order valence-corrected chi connectivity index (χ0v) is 14.5. The fourth-order valence-corrected chi connectivity index (χ4v) is 2.75. The molecule has 0 bridgehead atoms. The van der Waals surface area contributed by atoms with Crippen LogP contribution in [0, 0.1) is 6.92 Å². The lowest BCUT2D eigenvalue weighted by molar-refractivity contribution is -0.111. The van der Waals surface area contributed by atoms with Gasteiger partial charge in [0.25, 0.3) is 0 Å². The first kappa shape index (κ1) is 17.4. The van der Waals surface area contributed by atoms with Crippen molar-refractivity contribution in [3.63, 3.8) is 0 Å². The second kappa shape index (κ2) is 8.60. The molecule has 0 saturated carbocycles. The summed E-state index contributed by atoms with van der Waals surface area (Å²) in [6.45, 7) is 7.30. The van der Waals surface area contributed by atoms with Gasteiger partial charge in [0.2, 0.25) is 5.91 Å². The van der Waals surface area contributed by atoms with Gasteiger partial charge in [-0.1, -0.05) is 29.8 Å². The Labute approximate surface area is 148 Å². The number of rotatable bonds is 6. The topological polar surface area (TPSA) is 59.4 Å². The van der Waals surface area contributed by atoms with E-state index in [2.05, 4.69) is 15.3 Å². The molecular formula is C19H24N4O2. The molecule has 1 aromatic carbocycles. The number of aryl methyl sites for hydroxylation is 1. The lowest BCUT2D eigenvalue weighted by Crippen LogP contribution is -2.38. The summed E-state index contributed by atoms with van der Waals surface area (Å²) in [5, 5.41) is 7.15. The third kappa shape index (κ3) is 5.55. The van der Waals surface area contributed by atoms with Crippen LogP contribution < -0.4 is 5.32 Å². The highest BCUT2D eigenvalue weighted by atomic mass is 16.5. The first-order chi connectivity index (χ1) is 12.2. The molecule has 3 rings (SSSR count). The second-order valence-corrected chi connectivity index (χ2v) is 6.18. The second-order valence-electron chi connectivity index (χ2n) is 6.18. The molecule has 1 aliphatic heterocycles. The summed E-state index contributed by atoms with van der Waals surface area (Å²) < 4.78 is 7.20. The predicted molar refractivity (Wildman–Crippen MR) is 98.3 cm³/mol. The summed E-state index contributed by atoms with van der Waals surface area (Å²) in [6.07, 6.45) is 6.89. The van der Waals surface area contributed by atoms with Gasteiger partial charge in [-0.15, -0.1) is 0 Å². The number of carbonyl (C=O) groups excluding carboxylic acids is 1. The number of anilines is 1. The smallest absolute Gasteiger partial charge is 0.248 e. The van der Waals surface area contributed by atoms with Crippen molar-refractivity contribution in [1.82, 2.24) is 14.7 Å². The molecule has 25 heavy (non-hydrogen) atoms. The van der Waals surface area contributed by atoms with Crippen molar-refractivity contribution in [2.75, 3.05) is 38.2 Å². The molecule has 2 heterocycles. The fraction of sp³-hybridized carbons (Fsp3) is 0.368. The van der Waals surface area contributed by atoms with Crippen molar-refractivity contribution in [3.05, 3.63) is 53.9 Å². The van der Waals surface area contributed by atoms with Crippen molar-refractivity contribution in [1.29, 1.82) is 0 Å². The van der Waals surface area contributed by atoms with Crippen molar-refractivity contribution in [3.8, 4) is 0 Å². The maximum Gasteiger partial charge on any atom is 0.248 e. The third-order valence-electron chi connectivity index (χ3n) is 4.12. The van der Waals surface area contributed by atoms with Gasteiger partial charge in [-0.2, -0.15) is 5.10 Å². The van der Waals surface area contributed by atoms with Crippen molar-refractivity contribution in [2.45, 2.75) is 13.5 Å². The predicted octanol–water partition coefficient (Wildman–Crippen LogP) is 2.18. The number of hydrogen-bond acceptors (Lipinski definition) is 4. The number of nitrogens with zero attached hydrogens (tertiary/aromatic N) is 3. The third-order valence-corrected chi connectivity index (χ3v) is 4.12. The summed E-state index contributed by atoms with van der Waals surface area (Å²) in [5.41, 5.74) is 2.89. The van der Waals surface area contributed by atoms with Gasteiger partial charge in [0.1, 0.15) is 0 Å². The van der Waals surface area contributed by atoms with Gasteiger partial charge in [-0.25, -0.2) is 0 Å². The maximum atomic E-state index is 12.0. The van der Waals surface area contributed by atoms with E-state index in [-0.39, 0.29) is 5.91 Å².